The Labute approximate surface area is 129 Å². The lowest BCUT2D eigenvalue weighted by Gasteiger charge is -2.06. The predicted octanol–water partition coefficient (Wildman–Crippen LogP) is 2.34. The molecule has 2 aromatic heterocycles. The van der Waals surface area contributed by atoms with Gasteiger partial charge in [0.25, 0.3) is 5.95 Å². The van der Waals surface area contributed by atoms with Crippen LogP contribution >= 0.6 is 23.2 Å². The van der Waals surface area contributed by atoms with Crippen LogP contribution in [0.4, 0.5) is 0 Å². The van der Waals surface area contributed by atoms with E-state index in [0.717, 1.165) is 5.56 Å². The highest BCUT2D eigenvalue weighted by Crippen LogP contribution is 2.14. The van der Waals surface area contributed by atoms with Gasteiger partial charge >= 0.3 is 6.01 Å². The van der Waals surface area contributed by atoms with Gasteiger partial charge in [0.1, 0.15) is 19.3 Å². The van der Waals surface area contributed by atoms with Crippen LogP contribution < -0.4 is 4.74 Å². The summed E-state index contributed by atoms with van der Waals surface area (Å²) < 4.78 is 6.86. The average Bonchev–Trinajstić information content (AvgIpc) is 2.99. The highest BCUT2D eigenvalue weighted by Gasteiger charge is 2.08. The van der Waals surface area contributed by atoms with Crippen molar-refractivity contribution in [2.75, 3.05) is 0 Å². The Hall–Kier alpha value is -2.25. The monoisotopic (exact) mass is 322 g/mol. The van der Waals surface area contributed by atoms with E-state index in [-0.39, 0.29) is 23.8 Å². The molecule has 2 heterocycles. The molecule has 0 fully saturated rings. The van der Waals surface area contributed by atoms with Crippen molar-refractivity contribution in [1.29, 1.82) is 0 Å². The van der Waals surface area contributed by atoms with E-state index in [1.807, 2.05) is 12.1 Å². The normalized spacial score (nSPS) is 10.6. The van der Waals surface area contributed by atoms with Crippen molar-refractivity contribution >= 4 is 23.2 Å². The van der Waals surface area contributed by atoms with Crippen LogP contribution in [-0.2, 0) is 6.61 Å². The van der Waals surface area contributed by atoms with Gasteiger partial charge in [0.05, 0.1) is 0 Å². The Balaban J connectivity index is 1.79. The van der Waals surface area contributed by atoms with Crippen LogP contribution in [0.2, 0.25) is 10.3 Å². The molecule has 21 heavy (non-hydrogen) atoms. The molecule has 0 aliphatic heterocycles. The van der Waals surface area contributed by atoms with Gasteiger partial charge in [0.15, 0.2) is 0 Å². The van der Waals surface area contributed by atoms with Gasteiger partial charge < -0.3 is 4.74 Å². The van der Waals surface area contributed by atoms with Crippen molar-refractivity contribution in [2.45, 2.75) is 6.61 Å². The van der Waals surface area contributed by atoms with Gasteiger partial charge in [0.2, 0.25) is 5.28 Å². The minimum absolute atomic E-state index is 0.0107. The Kier molecular flexibility index (Phi) is 3.94. The zero-order valence-electron chi connectivity index (χ0n) is 10.5. The minimum atomic E-state index is 0.0107. The Morgan fingerprint density at radius 2 is 2.05 bits per heavy atom. The molecular weight excluding hydrogens is 315 g/mol. The molecule has 0 N–H and O–H groups in total. The predicted molar refractivity (Wildman–Crippen MR) is 75.5 cm³/mol. The first kappa shape index (κ1) is 13.7. The summed E-state index contributed by atoms with van der Waals surface area (Å²) in [5.41, 5.74) is 0.890. The molecule has 7 nitrogen and oxygen atoms in total. The number of ether oxygens (including phenoxy) is 1. The second-order valence-corrected chi connectivity index (χ2v) is 4.72. The molecule has 0 saturated carbocycles. The van der Waals surface area contributed by atoms with Crippen LogP contribution in [-0.4, -0.2) is 29.7 Å². The van der Waals surface area contributed by atoms with Crippen LogP contribution in [0.25, 0.3) is 5.95 Å². The lowest BCUT2D eigenvalue weighted by Crippen LogP contribution is -2.07. The number of halogens is 2. The summed E-state index contributed by atoms with van der Waals surface area (Å²) in [5.74, 6) is 0.230. The zero-order valence-corrected chi connectivity index (χ0v) is 12.0. The molecule has 0 amide bonds. The van der Waals surface area contributed by atoms with Gasteiger partial charge in [-0.05, 0) is 29.3 Å². The highest BCUT2D eigenvalue weighted by molar-refractivity contribution is 6.30. The molecule has 0 aliphatic carbocycles. The third kappa shape index (κ3) is 3.45. The molecule has 0 aliphatic rings. The lowest BCUT2D eigenvalue weighted by atomic mass is 10.2. The quantitative estimate of drug-likeness (QED) is 0.733. The summed E-state index contributed by atoms with van der Waals surface area (Å²) >= 11 is 11.8. The first-order valence-electron chi connectivity index (χ1n) is 5.84. The standard InChI is InChI=1S/C12H8Cl2N6O/c13-9-3-1-2-8(4-9)5-21-12-18-10(14)17-11(19-12)20-7-15-6-16-20/h1-4,6-7H,5H2. The van der Waals surface area contributed by atoms with E-state index in [9.17, 15) is 0 Å². The third-order valence-electron chi connectivity index (χ3n) is 2.46. The highest BCUT2D eigenvalue weighted by atomic mass is 35.5. The van der Waals surface area contributed by atoms with Crippen molar-refractivity contribution in [1.82, 2.24) is 29.7 Å². The van der Waals surface area contributed by atoms with Crippen molar-refractivity contribution < 1.29 is 4.74 Å². The van der Waals surface area contributed by atoms with Crippen LogP contribution in [0.5, 0.6) is 6.01 Å². The van der Waals surface area contributed by atoms with Crippen molar-refractivity contribution in [2.24, 2.45) is 0 Å². The largest absolute Gasteiger partial charge is 0.458 e. The van der Waals surface area contributed by atoms with E-state index in [1.165, 1.54) is 17.3 Å². The van der Waals surface area contributed by atoms with E-state index >= 15 is 0 Å². The molecule has 0 atom stereocenters. The van der Waals surface area contributed by atoms with Crippen LogP contribution in [0.1, 0.15) is 5.56 Å². The van der Waals surface area contributed by atoms with E-state index in [4.69, 9.17) is 27.9 Å². The minimum Gasteiger partial charge on any atom is -0.458 e. The number of nitrogens with zero attached hydrogens (tertiary/aromatic N) is 6. The summed E-state index contributed by atoms with van der Waals surface area (Å²) in [6, 6.07) is 7.39. The van der Waals surface area contributed by atoms with Gasteiger partial charge in [-0.25, -0.2) is 4.98 Å². The number of aromatic nitrogens is 6. The van der Waals surface area contributed by atoms with Gasteiger partial charge in [-0.1, -0.05) is 23.7 Å². The molecule has 0 saturated heterocycles. The Morgan fingerprint density at radius 3 is 2.81 bits per heavy atom. The number of benzene rings is 1. The second kappa shape index (κ2) is 6.02. The molecule has 0 bridgehead atoms. The smallest absolute Gasteiger partial charge is 0.322 e. The van der Waals surface area contributed by atoms with E-state index in [1.54, 1.807) is 12.1 Å². The van der Waals surface area contributed by atoms with E-state index in [2.05, 4.69) is 25.0 Å². The van der Waals surface area contributed by atoms with Crippen molar-refractivity contribution in [3.63, 3.8) is 0 Å². The molecular formula is C12H8Cl2N6O. The van der Waals surface area contributed by atoms with Crippen LogP contribution in [0.3, 0.4) is 0 Å². The molecule has 1 aromatic carbocycles. The summed E-state index contributed by atoms with van der Waals surface area (Å²) in [6.07, 6.45) is 2.82. The SMILES string of the molecule is Clc1cccc(COc2nc(Cl)nc(-n3cncn3)n2)c1. The molecule has 106 valence electrons. The summed E-state index contributed by atoms with van der Waals surface area (Å²) in [4.78, 5) is 15.8. The van der Waals surface area contributed by atoms with E-state index < -0.39 is 0 Å². The fourth-order valence-electron chi connectivity index (χ4n) is 1.58. The van der Waals surface area contributed by atoms with Gasteiger partial charge in [-0.3, -0.25) is 0 Å². The zero-order chi connectivity index (χ0) is 14.7. The number of hydrogen-bond acceptors (Lipinski definition) is 6. The summed E-state index contributed by atoms with van der Waals surface area (Å²) in [5, 5.41) is 4.56. The average molecular weight is 323 g/mol. The first-order valence-corrected chi connectivity index (χ1v) is 6.60. The molecule has 0 spiro atoms. The van der Waals surface area contributed by atoms with Crippen LogP contribution in [0, 0.1) is 0 Å². The Morgan fingerprint density at radius 1 is 1.14 bits per heavy atom. The molecule has 0 radical (unpaired) electrons. The summed E-state index contributed by atoms with van der Waals surface area (Å²) in [6.45, 7) is 0.262. The number of hydrogen-bond donors (Lipinski definition) is 0. The fraction of sp³-hybridized carbons (Fsp3) is 0.0833. The molecule has 3 rings (SSSR count). The first-order chi connectivity index (χ1) is 10.2. The lowest BCUT2D eigenvalue weighted by molar-refractivity contribution is 0.279. The maximum atomic E-state index is 5.91. The fourth-order valence-corrected chi connectivity index (χ4v) is 1.94. The maximum Gasteiger partial charge on any atom is 0.322 e. The van der Waals surface area contributed by atoms with Gasteiger partial charge in [-0.2, -0.15) is 24.7 Å². The van der Waals surface area contributed by atoms with Gasteiger partial charge in [-0.15, -0.1) is 0 Å². The molecule has 0 unspecified atom stereocenters. The Bertz CT molecular complexity index is 749. The molecule has 9 heteroatoms. The third-order valence-corrected chi connectivity index (χ3v) is 2.86. The van der Waals surface area contributed by atoms with Crippen molar-refractivity contribution in [3.8, 4) is 12.0 Å². The van der Waals surface area contributed by atoms with E-state index in [0.29, 0.717) is 5.02 Å². The van der Waals surface area contributed by atoms with Gasteiger partial charge in [0, 0.05) is 5.02 Å². The maximum absolute atomic E-state index is 5.91. The van der Waals surface area contributed by atoms with Crippen LogP contribution in [0.15, 0.2) is 36.9 Å². The number of rotatable bonds is 4. The summed E-state index contributed by atoms with van der Waals surface area (Å²) in [7, 11) is 0. The van der Waals surface area contributed by atoms with Crippen molar-refractivity contribution in [3.05, 3.63) is 52.8 Å². The second-order valence-electron chi connectivity index (χ2n) is 3.95. The topological polar surface area (TPSA) is 78.6 Å². The molecule has 3 aromatic rings.